The number of aromatic nitrogens is 1. The van der Waals surface area contributed by atoms with Gasteiger partial charge in [-0.05, 0) is 17.7 Å². The molecule has 2 aromatic rings. The topological polar surface area (TPSA) is 83.6 Å². The Bertz CT molecular complexity index is 518. The van der Waals surface area contributed by atoms with Crippen molar-refractivity contribution in [3.8, 4) is 5.75 Å². The lowest BCUT2D eigenvalue weighted by molar-refractivity contribution is 0.0694. The summed E-state index contributed by atoms with van der Waals surface area (Å²) in [5.41, 5.74) is 0.808. The number of nitrogens with zero attached hydrogens (tertiary/aromatic N) is 1. The number of hydrogen-bond acceptors (Lipinski definition) is 4. The van der Waals surface area contributed by atoms with Crippen LogP contribution in [-0.4, -0.2) is 21.3 Å². The third-order valence-corrected chi connectivity index (χ3v) is 2.15. The number of carboxylic acid groups (broad SMARTS) is 1. The summed E-state index contributed by atoms with van der Waals surface area (Å²) in [6.45, 7) is 0. The van der Waals surface area contributed by atoms with E-state index >= 15 is 0 Å². The molecule has 5 nitrogen and oxygen atoms in total. The van der Waals surface area contributed by atoms with Gasteiger partial charge in [-0.25, -0.2) is 4.79 Å². The number of phenolic OH excluding ortho intramolecular Hbond substituents is 1. The highest BCUT2D eigenvalue weighted by Gasteiger charge is 2.15. The van der Waals surface area contributed by atoms with Crippen molar-refractivity contribution in [3.63, 3.8) is 0 Å². The molecule has 5 heteroatoms. The van der Waals surface area contributed by atoms with Crippen LogP contribution < -0.4 is 0 Å². The van der Waals surface area contributed by atoms with Gasteiger partial charge in [0.2, 0.25) is 0 Å². The van der Waals surface area contributed by atoms with E-state index in [4.69, 9.17) is 9.63 Å². The van der Waals surface area contributed by atoms with Gasteiger partial charge >= 0.3 is 5.97 Å². The van der Waals surface area contributed by atoms with Gasteiger partial charge in [-0.15, -0.1) is 0 Å². The van der Waals surface area contributed by atoms with Crippen LogP contribution in [-0.2, 0) is 6.42 Å². The molecule has 0 unspecified atom stereocenters. The Morgan fingerprint density at radius 3 is 2.94 bits per heavy atom. The number of hydrogen-bond donors (Lipinski definition) is 2. The van der Waals surface area contributed by atoms with E-state index in [2.05, 4.69) is 5.16 Å². The van der Waals surface area contributed by atoms with Crippen LogP contribution in [0.5, 0.6) is 5.75 Å². The molecule has 0 aliphatic heterocycles. The number of phenols is 1. The van der Waals surface area contributed by atoms with E-state index in [9.17, 15) is 9.90 Å². The molecule has 0 bridgehead atoms. The molecule has 1 aromatic carbocycles. The molecule has 0 amide bonds. The molecule has 1 heterocycles. The summed E-state index contributed by atoms with van der Waals surface area (Å²) >= 11 is 0. The number of benzene rings is 1. The quantitative estimate of drug-likeness (QED) is 0.820. The van der Waals surface area contributed by atoms with Crippen molar-refractivity contribution < 1.29 is 19.5 Å². The first-order chi connectivity index (χ1) is 7.66. The summed E-state index contributed by atoms with van der Waals surface area (Å²) in [5.74, 6) is -0.664. The summed E-state index contributed by atoms with van der Waals surface area (Å²) < 4.78 is 4.86. The highest BCUT2D eigenvalue weighted by molar-refractivity contribution is 5.88. The molecule has 0 saturated carbocycles. The zero-order valence-electron chi connectivity index (χ0n) is 8.25. The third-order valence-electron chi connectivity index (χ3n) is 2.15. The Hall–Kier alpha value is -2.30. The first-order valence-corrected chi connectivity index (χ1v) is 4.61. The molecule has 16 heavy (non-hydrogen) atoms. The molecule has 2 rings (SSSR count). The van der Waals surface area contributed by atoms with Crippen molar-refractivity contribution in [2.24, 2.45) is 0 Å². The van der Waals surface area contributed by atoms with Crippen molar-refractivity contribution in [3.05, 3.63) is 47.3 Å². The van der Waals surface area contributed by atoms with Crippen molar-refractivity contribution in [2.45, 2.75) is 6.42 Å². The summed E-state index contributed by atoms with van der Waals surface area (Å²) in [4.78, 5) is 10.8. The van der Waals surface area contributed by atoms with E-state index in [0.717, 1.165) is 5.56 Å². The van der Waals surface area contributed by atoms with Gasteiger partial charge in [0.05, 0.1) is 6.20 Å². The Morgan fingerprint density at radius 2 is 2.25 bits per heavy atom. The Morgan fingerprint density at radius 1 is 1.44 bits per heavy atom. The molecular formula is C11H9NO4. The zero-order chi connectivity index (χ0) is 11.5. The molecule has 0 radical (unpaired) electrons. The Balaban J connectivity index is 2.27. The molecule has 0 fully saturated rings. The maximum atomic E-state index is 10.8. The summed E-state index contributed by atoms with van der Waals surface area (Å²) in [5, 5.41) is 21.5. The number of rotatable bonds is 3. The largest absolute Gasteiger partial charge is 0.508 e. The van der Waals surface area contributed by atoms with Gasteiger partial charge in [-0.3, -0.25) is 0 Å². The molecule has 0 aliphatic rings. The molecule has 82 valence electrons. The van der Waals surface area contributed by atoms with Gasteiger partial charge in [0.25, 0.3) is 0 Å². The average Bonchev–Trinajstić information content (AvgIpc) is 2.66. The molecule has 0 atom stereocenters. The monoisotopic (exact) mass is 219 g/mol. The van der Waals surface area contributed by atoms with Gasteiger partial charge in [-0.1, -0.05) is 17.3 Å². The van der Waals surface area contributed by atoms with Gasteiger partial charge < -0.3 is 14.7 Å². The second-order valence-corrected chi connectivity index (χ2v) is 3.31. The summed E-state index contributed by atoms with van der Waals surface area (Å²) in [6.07, 6.45) is 1.45. The van der Waals surface area contributed by atoms with Crippen LogP contribution in [0.2, 0.25) is 0 Å². The van der Waals surface area contributed by atoms with E-state index in [0.29, 0.717) is 0 Å². The minimum atomic E-state index is -1.07. The van der Waals surface area contributed by atoms with Crippen molar-refractivity contribution in [1.29, 1.82) is 0 Å². The highest BCUT2D eigenvalue weighted by atomic mass is 16.5. The molecule has 1 aromatic heterocycles. The van der Waals surface area contributed by atoms with E-state index in [1.807, 2.05) is 0 Å². The van der Waals surface area contributed by atoms with Crippen LogP contribution >= 0.6 is 0 Å². The van der Waals surface area contributed by atoms with Gasteiger partial charge in [0, 0.05) is 6.42 Å². The van der Waals surface area contributed by atoms with E-state index < -0.39 is 5.97 Å². The predicted molar refractivity (Wildman–Crippen MR) is 54.4 cm³/mol. The van der Waals surface area contributed by atoms with Gasteiger partial charge in [-0.2, -0.15) is 0 Å². The summed E-state index contributed by atoms with van der Waals surface area (Å²) in [7, 11) is 0. The van der Waals surface area contributed by atoms with Crippen LogP contribution in [0.4, 0.5) is 0 Å². The SMILES string of the molecule is O=C(O)c1cnoc1Cc1cccc(O)c1. The Kier molecular flexibility index (Phi) is 2.59. The van der Waals surface area contributed by atoms with Crippen LogP contribution in [0.3, 0.4) is 0 Å². The molecular weight excluding hydrogens is 210 g/mol. The lowest BCUT2D eigenvalue weighted by atomic mass is 10.1. The smallest absolute Gasteiger partial charge is 0.340 e. The maximum Gasteiger partial charge on any atom is 0.340 e. The average molecular weight is 219 g/mol. The molecule has 0 saturated heterocycles. The molecule has 0 spiro atoms. The number of carbonyl (C=O) groups is 1. The van der Waals surface area contributed by atoms with E-state index in [1.165, 1.54) is 6.20 Å². The van der Waals surface area contributed by atoms with Gasteiger partial charge in [0.15, 0.2) is 5.76 Å². The van der Waals surface area contributed by atoms with Crippen LogP contribution in [0, 0.1) is 0 Å². The molecule has 0 aliphatic carbocycles. The van der Waals surface area contributed by atoms with Crippen LogP contribution in [0.25, 0.3) is 0 Å². The van der Waals surface area contributed by atoms with E-state index in [-0.39, 0.29) is 23.5 Å². The zero-order valence-corrected chi connectivity index (χ0v) is 8.25. The van der Waals surface area contributed by atoms with Crippen LogP contribution in [0.15, 0.2) is 35.0 Å². The second kappa shape index (κ2) is 4.06. The maximum absolute atomic E-state index is 10.8. The number of carboxylic acids is 1. The minimum absolute atomic E-state index is 0.0448. The number of aromatic hydroxyl groups is 1. The predicted octanol–water partition coefficient (Wildman–Crippen LogP) is 1.67. The fraction of sp³-hybridized carbons (Fsp3) is 0.0909. The standard InChI is InChI=1S/C11H9NO4/c13-8-3-1-2-7(4-8)5-10-9(11(14)15)6-12-16-10/h1-4,6,13H,5H2,(H,14,15). The van der Waals surface area contributed by atoms with Crippen molar-refractivity contribution >= 4 is 5.97 Å². The highest BCUT2D eigenvalue weighted by Crippen LogP contribution is 2.17. The normalized spacial score (nSPS) is 10.2. The fourth-order valence-corrected chi connectivity index (χ4v) is 1.42. The first-order valence-electron chi connectivity index (χ1n) is 4.61. The van der Waals surface area contributed by atoms with Crippen molar-refractivity contribution in [1.82, 2.24) is 5.16 Å². The lowest BCUT2D eigenvalue weighted by Crippen LogP contribution is -1.99. The minimum Gasteiger partial charge on any atom is -0.508 e. The Labute approximate surface area is 90.9 Å². The summed E-state index contributed by atoms with van der Waals surface area (Å²) in [6, 6.07) is 6.55. The lowest BCUT2D eigenvalue weighted by Gasteiger charge is -1.99. The molecule has 2 N–H and O–H groups in total. The second-order valence-electron chi connectivity index (χ2n) is 3.31. The fourth-order valence-electron chi connectivity index (χ4n) is 1.42. The van der Waals surface area contributed by atoms with E-state index in [1.54, 1.807) is 24.3 Å². The van der Waals surface area contributed by atoms with Crippen LogP contribution in [0.1, 0.15) is 21.7 Å². The number of aromatic carboxylic acids is 1. The first kappa shape index (κ1) is 10.2. The van der Waals surface area contributed by atoms with Gasteiger partial charge in [0.1, 0.15) is 11.3 Å². The third kappa shape index (κ3) is 2.03. The van der Waals surface area contributed by atoms with Crippen molar-refractivity contribution in [2.75, 3.05) is 0 Å².